The number of hydrogen-bond acceptors (Lipinski definition) is 2. The monoisotopic (exact) mass is 317 g/mol. The summed E-state index contributed by atoms with van der Waals surface area (Å²) in [6.45, 7) is 6.20. The predicted molar refractivity (Wildman–Crippen MR) is 89.3 cm³/mol. The van der Waals surface area contributed by atoms with E-state index >= 15 is 0 Å². The summed E-state index contributed by atoms with van der Waals surface area (Å²) in [4.78, 5) is 12.1. The minimum Gasteiger partial charge on any atom is -0.481 e. The molecule has 1 amide bonds. The summed E-state index contributed by atoms with van der Waals surface area (Å²) in [5.74, 6) is 0.592. The van der Waals surface area contributed by atoms with Gasteiger partial charge < -0.3 is 10.1 Å². The second kappa shape index (κ2) is 7.32. The Labute approximate surface area is 136 Å². The SMILES string of the molecule is Cc1ccc(OC(C)C(=O)NCc2ccc(Cl)cc2)c(C)c1. The lowest BCUT2D eigenvalue weighted by molar-refractivity contribution is -0.127. The van der Waals surface area contributed by atoms with Crippen LogP contribution in [0, 0.1) is 13.8 Å². The number of aryl methyl sites for hydroxylation is 2. The van der Waals surface area contributed by atoms with E-state index in [-0.39, 0.29) is 5.91 Å². The zero-order valence-corrected chi connectivity index (χ0v) is 13.8. The quantitative estimate of drug-likeness (QED) is 0.903. The van der Waals surface area contributed by atoms with Crippen molar-refractivity contribution in [3.8, 4) is 5.75 Å². The Kier molecular flexibility index (Phi) is 5.45. The molecule has 0 aliphatic rings. The molecule has 0 saturated heterocycles. The van der Waals surface area contributed by atoms with E-state index in [0.29, 0.717) is 11.6 Å². The van der Waals surface area contributed by atoms with Crippen LogP contribution >= 0.6 is 11.6 Å². The van der Waals surface area contributed by atoms with Gasteiger partial charge in [0.05, 0.1) is 0 Å². The summed E-state index contributed by atoms with van der Waals surface area (Å²) in [7, 11) is 0. The van der Waals surface area contributed by atoms with Gasteiger partial charge in [-0.15, -0.1) is 0 Å². The molecule has 22 heavy (non-hydrogen) atoms. The average Bonchev–Trinajstić information content (AvgIpc) is 2.49. The average molecular weight is 318 g/mol. The second-order valence-electron chi connectivity index (χ2n) is 5.37. The van der Waals surface area contributed by atoms with Crippen LogP contribution in [0.5, 0.6) is 5.75 Å². The van der Waals surface area contributed by atoms with Crippen molar-refractivity contribution in [1.82, 2.24) is 5.32 Å². The summed E-state index contributed by atoms with van der Waals surface area (Å²) in [6.07, 6.45) is -0.547. The van der Waals surface area contributed by atoms with E-state index in [0.717, 1.165) is 16.9 Å². The molecule has 1 unspecified atom stereocenters. The van der Waals surface area contributed by atoms with Gasteiger partial charge in [0, 0.05) is 11.6 Å². The number of ether oxygens (including phenoxy) is 1. The van der Waals surface area contributed by atoms with Crippen molar-refractivity contribution < 1.29 is 9.53 Å². The first kappa shape index (κ1) is 16.4. The van der Waals surface area contributed by atoms with Gasteiger partial charge in [0.15, 0.2) is 6.10 Å². The number of halogens is 1. The minimum absolute atomic E-state index is 0.144. The highest BCUT2D eigenvalue weighted by molar-refractivity contribution is 6.30. The lowest BCUT2D eigenvalue weighted by atomic mass is 10.1. The van der Waals surface area contributed by atoms with Crippen molar-refractivity contribution >= 4 is 17.5 Å². The van der Waals surface area contributed by atoms with Crippen molar-refractivity contribution in [1.29, 1.82) is 0 Å². The molecule has 1 N–H and O–H groups in total. The summed E-state index contributed by atoms with van der Waals surface area (Å²) < 4.78 is 5.74. The van der Waals surface area contributed by atoms with E-state index < -0.39 is 6.10 Å². The Hall–Kier alpha value is -2.00. The zero-order chi connectivity index (χ0) is 16.1. The van der Waals surface area contributed by atoms with Gasteiger partial charge in [0.1, 0.15) is 5.75 Å². The van der Waals surface area contributed by atoms with Crippen LogP contribution in [0.25, 0.3) is 0 Å². The van der Waals surface area contributed by atoms with Gasteiger partial charge in [-0.3, -0.25) is 4.79 Å². The molecule has 2 rings (SSSR count). The van der Waals surface area contributed by atoms with Crippen LogP contribution in [0.1, 0.15) is 23.6 Å². The van der Waals surface area contributed by atoms with E-state index in [9.17, 15) is 4.79 Å². The van der Waals surface area contributed by atoms with Crippen molar-refractivity contribution in [2.24, 2.45) is 0 Å². The summed E-state index contributed by atoms with van der Waals surface area (Å²) >= 11 is 5.83. The molecule has 0 spiro atoms. The molecule has 2 aromatic carbocycles. The lowest BCUT2D eigenvalue weighted by Crippen LogP contribution is -2.36. The summed E-state index contributed by atoms with van der Waals surface area (Å²) in [5, 5.41) is 3.54. The Morgan fingerprint density at radius 2 is 1.86 bits per heavy atom. The highest BCUT2D eigenvalue weighted by Gasteiger charge is 2.15. The first-order chi connectivity index (χ1) is 10.5. The Morgan fingerprint density at radius 1 is 1.18 bits per heavy atom. The van der Waals surface area contributed by atoms with Crippen molar-refractivity contribution in [2.75, 3.05) is 0 Å². The highest BCUT2D eigenvalue weighted by Crippen LogP contribution is 2.20. The van der Waals surface area contributed by atoms with Crippen LogP contribution in [0.15, 0.2) is 42.5 Å². The van der Waals surface area contributed by atoms with E-state index in [1.807, 2.05) is 44.2 Å². The van der Waals surface area contributed by atoms with E-state index in [4.69, 9.17) is 16.3 Å². The molecular weight excluding hydrogens is 298 g/mol. The standard InChI is InChI=1S/C18H20ClNO2/c1-12-4-9-17(13(2)10-12)22-14(3)18(21)20-11-15-5-7-16(19)8-6-15/h4-10,14H,11H2,1-3H3,(H,20,21). The van der Waals surface area contributed by atoms with E-state index in [1.165, 1.54) is 5.56 Å². The number of carbonyl (C=O) groups is 1. The molecule has 0 aliphatic heterocycles. The van der Waals surface area contributed by atoms with Crippen LogP contribution < -0.4 is 10.1 Å². The van der Waals surface area contributed by atoms with Crippen LogP contribution in [0.2, 0.25) is 5.02 Å². The number of hydrogen-bond donors (Lipinski definition) is 1. The first-order valence-electron chi connectivity index (χ1n) is 7.22. The number of amides is 1. The second-order valence-corrected chi connectivity index (χ2v) is 5.81. The summed E-state index contributed by atoms with van der Waals surface area (Å²) in [5.41, 5.74) is 3.19. The van der Waals surface area contributed by atoms with Crippen molar-refractivity contribution in [2.45, 2.75) is 33.4 Å². The van der Waals surface area contributed by atoms with Crippen LogP contribution in [-0.4, -0.2) is 12.0 Å². The molecule has 0 aliphatic carbocycles. The summed E-state index contributed by atoms with van der Waals surface area (Å²) in [6, 6.07) is 13.3. The van der Waals surface area contributed by atoms with Crippen LogP contribution in [0.4, 0.5) is 0 Å². The lowest BCUT2D eigenvalue weighted by Gasteiger charge is -2.16. The minimum atomic E-state index is -0.547. The van der Waals surface area contributed by atoms with Gasteiger partial charge in [-0.25, -0.2) is 0 Å². The third kappa shape index (κ3) is 4.50. The molecule has 0 fully saturated rings. The Balaban J connectivity index is 1.90. The number of benzene rings is 2. The Bertz CT molecular complexity index is 653. The molecule has 1 atom stereocenters. The maximum Gasteiger partial charge on any atom is 0.261 e. The third-order valence-corrected chi connectivity index (χ3v) is 3.64. The molecule has 0 bridgehead atoms. The largest absolute Gasteiger partial charge is 0.481 e. The molecule has 0 aromatic heterocycles. The number of rotatable bonds is 5. The van der Waals surface area contributed by atoms with Crippen LogP contribution in [-0.2, 0) is 11.3 Å². The fourth-order valence-electron chi connectivity index (χ4n) is 2.11. The van der Waals surface area contributed by atoms with Gasteiger partial charge in [-0.1, -0.05) is 41.4 Å². The molecule has 4 heteroatoms. The molecule has 2 aromatic rings. The van der Waals surface area contributed by atoms with Gasteiger partial charge in [-0.05, 0) is 50.1 Å². The van der Waals surface area contributed by atoms with Gasteiger partial charge in [0.2, 0.25) is 0 Å². The fraction of sp³-hybridized carbons (Fsp3) is 0.278. The zero-order valence-electron chi connectivity index (χ0n) is 13.0. The Morgan fingerprint density at radius 3 is 2.50 bits per heavy atom. The molecule has 0 radical (unpaired) electrons. The normalized spacial score (nSPS) is 11.8. The highest BCUT2D eigenvalue weighted by atomic mass is 35.5. The molecule has 0 saturated carbocycles. The molecule has 3 nitrogen and oxygen atoms in total. The van der Waals surface area contributed by atoms with Gasteiger partial charge in [0.25, 0.3) is 5.91 Å². The fourth-order valence-corrected chi connectivity index (χ4v) is 2.24. The molecule has 116 valence electrons. The molecule has 0 heterocycles. The maximum atomic E-state index is 12.1. The van der Waals surface area contributed by atoms with E-state index in [2.05, 4.69) is 5.32 Å². The first-order valence-corrected chi connectivity index (χ1v) is 7.59. The third-order valence-electron chi connectivity index (χ3n) is 3.38. The molecular formula is C18H20ClNO2. The number of nitrogens with one attached hydrogen (secondary N) is 1. The maximum absolute atomic E-state index is 12.1. The number of carbonyl (C=O) groups excluding carboxylic acids is 1. The topological polar surface area (TPSA) is 38.3 Å². The predicted octanol–water partition coefficient (Wildman–Crippen LogP) is 4.04. The smallest absolute Gasteiger partial charge is 0.261 e. The van der Waals surface area contributed by atoms with Gasteiger partial charge >= 0.3 is 0 Å². The van der Waals surface area contributed by atoms with Crippen molar-refractivity contribution in [3.05, 3.63) is 64.2 Å². The van der Waals surface area contributed by atoms with Crippen molar-refractivity contribution in [3.63, 3.8) is 0 Å². The van der Waals surface area contributed by atoms with Crippen LogP contribution in [0.3, 0.4) is 0 Å². The van der Waals surface area contributed by atoms with Gasteiger partial charge in [-0.2, -0.15) is 0 Å². The van der Waals surface area contributed by atoms with E-state index in [1.54, 1.807) is 19.1 Å².